The number of nitrogens with zero attached hydrogens (tertiary/aromatic N) is 1. The van der Waals surface area contributed by atoms with Gasteiger partial charge in [-0.25, -0.2) is 0 Å². The summed E-state index contributed by atoms with van der Waals surface area (Å²) in [5.74, 6) is 0.0325. The molecule has 0 aliphatic carbocycles. The lowest BCUT2D eigenvalue weighted by molar-refractivity contribution is -0.139. The number of ketones is 1. The lowest BCUT2D eigenvalue weighted by atomic mass is 10.1. The fraction of sp³-hybridized carbons (Fsp3) is 0.400. The highest BCUT2D eigenvalue weighted by Gasteiger charge is 2.19. The third-order valence-corrected chi connectivity index (χ3v) is 5.46. The second-order valence-corrected chi connectivity index (χ2v) is 7.40. The van der Waals surface area contributed by atoms with Crippen molar-refractivity contribution in [1.29, 1.82) is 0 Å². The third kappa shape index (κ3) is 4.98. The van der Waals surface area contributed by atoms with Crippen LogP contribution in [0.4, 0.5) is 0 Å². The summed E-state index contributed by atoms with van der Waals surface area (Å²) in [7, 11) is 1.36. The van der Waals surface area contributed by atoms with E-state index in [9.17, 15) is 9.59 Å². The first-order valence-electron chi connectivity index (χ1n) is 8.37. The maximum absolute atomic E-state index is 12.5. The third-order valence-electron chi connectivity index (χ3n) is 4.34. The molecule has 134 valence electrons. The van der Waals surface area contributed by atoms with Gasteiger partial charge < -0.3 is 9.30 Å². The van der Waals surface area contributed by atoms with E-state index in [2.05, 4.69) is 16.7 Å². The Balaban J connectivity index is 2.02. The van der Waals surface area contributed by atoms with Crippen molar-refractivity contribution in [1.82, 2.24) is 4.57 Å². The summed E-state index contributed by atoms with van der Waals surface area (Å²) in [6.07, 6.45) is 0.930. The summed E-state index contributed by atoms with van der Waals surface area (Å²) < 4.78 is 6.88. The Morgan fingerprint density at radius 2 is 1.88 bits per heavy atom. The molecule has 1 atom stereocenters. The van der Waals surface area contributed by atoms with Crippen LogP contribution >= 0.6 is 11.8 Å². The zero-order chi connectivity index (χ0) is 18.4. The Kier molecular flexibility index (Phi) is 6.88. The number of esters is 1. The molecule has 1 aromatic carbocycles. The van der Waals surface area contributed by atoms with Crippen molar-refractivity contribution in [3.63, 3.8) is 0 Å². The van der Waals surface area contributed by atoms with Gasteiger partial charge in [0.2, 0.25) is 0 Å². The monoisotopic (exact) mass is 359 g/mol. The molecule has 4 nitrogen and oxygen atoms in total. The minimum Gasteiger partial charge on any atom is -0.468 e. The molecule has 0 radical (unpaired) electrons. The van der Waals surface area contributed by atoms with Gasteiger partial charge in [-0.05, 0) is 38.8 Å². The SMILES string of the molecule is COC(=O)C(C)SCC(=O)c1cc(C)n(CCc2ccccc2)c1C. The molecule has 1 heterocycles. The molecule has 1 aromatic heterocycles. The van der Waals surface area contributed by atoms with E-state index in [4.69, 9.17) is 4.74 Å². The summed E-state index contributed by atoms with van der Waals surface area (Å²) in [6.45, 7) is 6.62. The minimum atomic E-state index is -0.337. The molecule has 2 rings (SSSR count). The molecule has 2 aromatic rings. The Labute approximate surface area is 153 Å². The summed E-state index contributed by atoms with van der Waals surface area (Å²) in [5, 5.41) is -0.337. The standard InChI is InChI=1S/C20H25NO3S/c1-14-12-18(19(22)13-25-16(3)20(23)24-4)15(2)21(14)11-10-17-8-6-5-7-9-17/h5-9,12,16H,10-11,13H2,1-4H3. The molecule has 5 heteroatoms. The van der Waals surface area contributed by atoms with Gasteiger partial charge in [0.05, 0.1) is 12.9 Å². The van der Waals surface area contributed by atoms with E-state index >= 15 is 0 Å². The highest BCUT2D eigenvalue weighted by atomic mass is 32.2. The number of methoxy groups -OCH3 is 1. The van der Waals surface area contributed by atoms with E-state index in [1.807, 2.05) is 38.1 Å². The van der Waals surface area contributed by atoms with Crippen LogP contribution in [0.2, 0.25) is 0 Å². The van der Waals surface area contributed by atoms with Crippen molar-refractivity contribution in [2.24, 2.45) is 0 Å². The highest BCUT2D eigenvalue weighted by Crippen LogP contribution is 2.20. The molecular weight excluding hydrogens is 334 g/mol. The average Bonchev–Trinajstić information content (AvgIpc) is 2.91. The van der Waals surface area contributed by atoms with Gasteiger partial charge in [-0.3, -0.25) is 9.59 Å². The number of aryl methyl sites for hydroxylation is 2. The molecule has 0 fully saturated rings. The predicted molar refractivity (Wildman–Crippen MR) is 102 cm³/mol. The number of carbonyl (C=O) groups excluding carboxylic acids is 2. The zero-order valence-electron chi connectivity index (χ0n) is 15.2. The first kappa shape index (κ1) is 19.3. The van der Waals surface area contributed by atoms with Crippen LogP contribution in [0.3, 0.4) is 0 Å². The van der Waals surface area contributed by atoms with Crippen molar-refractivity contribution in [2.45, 2.75) is 39.0 Å². The van der Waals surface area contributed by atoms with Gasteiger partial charge in [0.25, 0.3) is 0 Å². The molecule has 0 aliphatic rings. The fourth-order valence-corrected chi connectivity index (χ4v) is 3.61. The topological polar surface area (TPSA) is 48.3 Å². The normalized spacial score (nSPS) is 12.0. The number of carbonyl (C=O) groups is 2. The molecule has 0 spiro atoms. The second kappa shape index (κ2) is 8.90. The molecule has 0 amide bonds. The second-order valence-electron chi connectivity index (χ2n) is 6.07. The van der Waals surface area contributed by atoms with Gasteiger partial charge in [-0.15, -0.1) is 11.8 Å². The van der Waals surface area contributed by atoms with Crippen molar-refractivity contribution in [3.8, 4) is 0 Å². The van der Waals surface area contributed by atoms with Crippen molar-refractivity contribution in [3.05, 3.63) is 58.9 Å². The van der Waals surface area contributed by atoms with Crippen molar-refractivity contribution < 1.29 is 14.3 Å². The number of benzene rings is 1. The van der Waals surface area contributed by atoms with Crippen LogP contribution in [0.25, 0.3) is 0 Å². The first-order valence-corrected chi connectivity index (χ1v) is 9.42. The van der Waals surface area contributed by atoms with Crippen LogP contribution in [0, 0.1) is 13.8 Å². The van der Waals surface area contributed by atoms with Gasteiger partial charge in [-0.2, -0.15) is 0 Å². The Morgan fingerprint density at radius 3 is 2.52 bits per heavy atom. The zero-order valence-corrected chi connectivity index (χ0v) is 16.1. The van der Waals surface area contributed by atoms with Crippen LogP contribution in [0.5, 0.6) is 0 Å². The fourth-order valence-electron chi connectivity index (χ4n) is 2.83. The smallest absolute Gasteiger partial charge is 0.318 e. The van der Waals surface area contributed by atoms with Gasteiger partial charge in [-0.1, -0.05) is 30.3 Å². The van der Waals surface area contributed by atoms with Crippen LogP contribution in [-0.2, 0) is 22.5 Å². The molecule has 0 saturated heterocycles. The van der Waals surface area contributed by atoms with Crippen molar-refractivity contribution in [2.75, 3.05) is 12.9 Å². The van der Waals surface area contributed by atoms with E-state index in [0.717, 1.165) is 29.9 Å². The van der Waals surface area contributed by atoms with Crippen LogP contribution in [0.1, 0.15) is 34.2 Å². The average molecular weight is 359 g/mol. The van der Waals surface area contributed by atoms with E-state index in [0.29, 0.717) is 0 Å². The molecular formula is C20H25NO3S. The molecule has 0 saturated carbocycles. The number of Topliss-reactive ketones (excluding diaryl/α,β-unsaturated/α-hetero) is 1. The number of rotatable bonds is 8. The maximum Gasteiger partial charge on any atom is 0.318 e. The maximum atomic E-state index is 12.5. The largest absolute Gasteiger partial charge is 0.468 e. The molecule has 0 N–H and O–H groups in total. The minimum absolute atomic E-state index is 0.0554. The summed E-state index contributed by atoms with van der Waals surface area (Å²) in [4.78, 5) is 24.0. The van der Waals surface area contributed by atoms with Gasteiger partial charge in [0, 0.05) is 23.5 Å². The predicted octanol–water partition coefficient (Wildman–Crippen LogP) is 3.83. The summed E-state index contributed by atoms with van der Waals surface area (Å²) >= 11 is 1.31. The van der Waals surface area contributed by atoms with Crippen LogP contribution in [-0.4, -0.2) is 34.4 Å². The van der Waals surface area contributed by atoms with E-state index in [1.165, 1.54) is 24.4 Å². The van der Waals surface area contributed by atoms with E-state index in [-0.39, 0.29) is 22.8 Å². The first-order chi connectivity index (χ1) is 11.9. The molecule has 25 heavy (non-hydrogen) atoms. The van der Waals surface area contributed by atoms with Crippen LogP contribution in [0.15, 0.2) is 36.4 Å². The van der Waals surface area contributed by atoms with Gasteiger partial charge in [0.1, 0.15) is 5.25 Å². The van der Waals surface area contributed by atoms with Crippen LogP contribution < -0.4 is 0 Å². The Morgan fingerprint density at radius 1 is 1.20 bits per heavy atom. The number of thioether (sulfide) groups is 1. The lowest BCUT2D eigenvalue weighted by Crippen LogP contribution is -2.17. The van der Waals surface area contributed by atoms with Gasteiger partial charge in [0.15, 0.2) is 5.78 Å². The lowest BCUT2D eigenvalue weighted by Gasteiger charge is -2.10. The summed E-state index contributed by atoms with van der Waals surface area (Å²) in [6, 6.07) is 12.3. The van der Waals surface area contributed by atoms with Crippen molar-refractivity contribution >= 4 is 23.5 Å². The van der Waals surface area contributed by atoms with E-state index < -0.39 is 0 Å². The molecule has 1 unspecified atom stereocenters. The van der Waals surface area contributed by atoms with E-state index in [1.54, 1.807) is 6.92 Å². The summed E-state index contributed by atoms with van der Waals surface area (Å²) in [5.41, 5.74) is 4.10. The molecule has 0 bridgehead atoms. The molecule has 0 aliphatic heterocycles. The number of aromatic nitrogens is 1. The Bertz CT molecular complexity index is 737. The number of ether oxygens (including phenoxy) is 1. The quantitative estimate of drug-likeness (QED) is 0.531. The van der Waals surface area contributed by atoms with Gasteiger partial charge >= 0.3 is 5.97 Å². The highest BCUT2D eigenvalue weighted by molar-refractivity contribution is 8.01. The Hall–Kier alpha value is -2.01. The number of hydrogen-bond acceptors (Lipinski definition) is 4. The number of hydrogen-bond donors (Lipinski definition) is 0.